The van der Waals surface area contributed by atoms with E-state index in [4.69, 9.17) is 21.2 Å². The lowest BCUT2D eigenvalue weighted by Crippen LogP contribution is -2.23. The molecule has 0 aliphatic carbocycles. The van der Waals surface area contributed by atoms with Gasteiger partial charge in [-0.3, -0.25) is 5.41 Å². The van der Waals surface area contributed by atoms with Crippen LogP contribution in [0.2, 0.25) is 0 Å². The van der Waals surface area contributed by atoms with Gasteiger partial charge in [-0.25, -0.2) is 0 Å². The molecule has 1 N–H and O–H groups in total. The van der Waals surface area contributed by atoms with Gasteiger partial charge in [0, 0.05) is 45.4 Å². The summed E-state index contributed by atoms with van der Waals surface area (Å²) in [7, 11) is 0. The maximum atomic E-state index is 8.92. The van der Waals surface area contributed by atoms with Crippen LogP contribution in [0.5, 0.6) is 0 Å². The number of pyridine rings is 1. The minimum atomic E-state index is -0.0347. The smallest absolute Gasteiger partial charge is 0.307 e. The van der Waals surface area contributed by atoms with Gasteiger partial charge in [0.15, 0.2) is 30.2 Å². The molecule has 0 amide bonds. The largest absolute Gasteiger partial charge is 0.367 e. The lowest BCUT2D eigenvalue weighted by Gasteiger charge is -2.16. The molecule has 124 valence electrons. The summed E-state index contributed by atoms with van der Waals surface area (Å²) in [4.78, 5) is 2.69. The molecule has 0 aromatic carbocycles. The molecule has 0 spiro atoms. The summed E-state index contributed by atoms with van der Waals surface area (Å²) in [5, 5.41) is 34.5. The van der Waals surface area contributed by atoms with Gasteiger partial charge in [-0.05, 0) is 17.7 Å². The lowest BCUT2D eigenvalue weighted by atomic mass is 10.1. The van der Waals surface area contributed by atoms with E-state index >= 15 is 0 Å². The highest BCUT2D eigenvalue weighted by atomic mass is 32.1. The van der Waals surface area contributed by atoms with Crippen molar-refractivity contribution in [2.45, 2.75) is 0 Å². The van der Waals surface area contributed by atoms with Gasteiger partial charge in [0.05, 0.1) is 0 Å². The van der Waals surface area contributed by atoms with E-state index in [0.717, 1.165) is 10.8 Å². The molecule has 1 aliphatic heterocycles. The van der Waals surface area contributed by atoms with Crippen molar-refractivity contribution in [3.63, 3.8) is 0 Å². The first-order valence-electron chi connectivity index (χ1n) is 7.09. The van der Waals surface area contributed by atoms with Gasteiger partial charge >= 0.3 is 5.71 Å². The molecular formula is C18H11N6S2+. The summed E-state index contributed by atoms with van der Waals surface area (Å²) in [6.45, 7) is 0. The van der Waals surface area contributed by atoms with Gasteiger partial charge in [0.2, 0.25) is 0 Å². The molecule has 0 radical (unpaired) electrons. The molecule has 0 fully saturated rings. The van der Waals surface area contributed by atoms with Crippen molar-refractivity contribution >= 4 is 36.0 Å². The highest BCUT2D eigenvalue weighted by molar-refractivity contribution is 7.94. The van der Waals surface area contributed by atoms with Crippen molar-refractivity contribution < 1.29 is 4.24 Å². The molecule has 8 heteroatoms. The number of hydrogen-bond donors (Lipinski definition) is 3. The third kappa shape index (κ3) is 3.95. The Kier molecular flexibility index (Phi) is 6.22. The predicted molar refractivity (Wildman–Crippen MR) is 102 cm³/mol. The zero-order valence-electron chi connectivity index (χ0n) is 13.2. The third-order valence-corrected chi connectivity index (χ3v) is 4.52. The van der Waals surface area contributed by atoms with E-state index in [1.165, 1.54) is 9.14 Å². The number of allylic oxidation sites excluding steroid dienone is 4. The second kappa shape index (κ2) is 8.58. The highest BCUT2D eigenvalue weighted by Gasteiger charge is 2.10. The fourth-order valence-corrected chi connectivity index (χ4v) is 2.59. The van der Waals surface area contributed by atoms with E-state index in [2.05, 4.69) is 31.1 Å². The van der Waals surface area contributed by atoms with Crippen LogP contribution in [0.3, 0.4) is 0 Å². The van der Waals surface area contributed by atoms with E-state index < -0.39 is 0 Å². The normalized spacial score (nSPS) is 11.7. The number of rotatable bonds is 2. The van der Waals surface area contributed by atoms with Gasteiger partial charge in [-0.15, -0.1) is 29.5 Å². The van der Waals surface area contributed by atoms with E-state index in [1.54, 1.807) is 49.1 Å². The van der Waals surface area contributed by atoms with Crippen LogP contribution in [0.1, 0.15) is 0 Å². The van der Waals surface area contributed by atoms with Crippen molar-refractivity contribution in [2.24, 2.45) is 0 Å². The molecule has 1 aromatic heterocycles. The number of thiol groups is 2. The van der Waals surface area contributed by atoms with Crippen LogP contribution in [-0.2, 0) is 0 Å². The molecule has 2 rings (SSSR count). The molecule has 0 bridgehead atoms. The average molecular weight is 375 g/mol. The van der Waals surface area contributed by atoms with Crippen molar-refractivity contribution in [2.75, 3.05) is 0 Å². The van der Waals surface area contributed by atoms with Gasteiger partial charge in [0.25, 0.3) is 0 Å². The van der Waals surface area contributed by atoms with Crippen molar-refractivity contribution in [1.82, 2.24) is 4.90 Å². The quantitative estimate of drug-likeness (QED) is 0.316. The monoisotopic (exact) mass is 375 g/mol. The van der Waals surface area contributed by atoms with Crippen LogP contribution in [0, 0.1) is 45.1 Å². The first-order valence-corrected chi connectivity index (χ1v) is 7.98. The summed E-state index contributed by atoms with van der Waals surface area (Å²) in [6, 6.07) is 8.95. The molecule has 0 saturated carbocycles. The molecule has 0 saturated heterocycles. The Balaban J connectivity index is 2.45. The Morgan fingerprint density at radius 2 is 1.54 bits per heavy atom. The Morgan fingerprint density at radius 3 is 2.00 bits per heavy atom. The Labute approximate surface area is 160 Å². The fraction of sp³-hybridized carbons (Fsp3) is 0. The maximum absolute atomic E-state index is 8.92. The summed E-state index contributed by atoms with van der Waals surface area (Å²) < 4.78 is 1.42. The van der Waals surface area contributed by atoms with Crippen LogP contribution in [0.4, 0.5) is 0 Å². The first-order chi connectivity index (χ1) is 12.5. The average Bonchev–Trinajstić information content (AvgIpc) is 2.70. The Morgan fingerprint density at radius 1 is 0.962 bits per heavy atom. The third-order valence-electron chi connectivity index (χ3n) is 3.38. The predicted octanol–water partition coefficient (Wildman–Crippen LogP) is 1.62. The Hall–Kier alpha value is -3.47. The number of nitriles is 3. The summed E-state index contributed by atoms with van der Waals surface area (Å²) >= 11 is 9.03. The summed E-state index contributed by atoms with van der Waals surface area (Å²) in [5.41, 5.74) is 0.810. The number of aromatic nitrogens is 1. The van der Waals surface area contributed by atoms with Crippen molar-refractivity contribution in [3.8, 4) is 18.2 Å². The van der Waals surface area contributed by atoms with E-state index in [0.29, 0.717) is 9.81 Å². The minimum Gasteiger partial charge on any atom is -0.307 e. The molecule has 1 aromatic rings. The van der Waals surface area contributed by atoms with Gasteiger partial charge in [-0.1, -0.05) is 0 Å². The second-order valence-electron chi connectivity index (χ2n) is 4.84. The molecule has 2 heterocycles. The van der Waals surface area contributed by atoms with E-state index in [-0.39, 0.29) is 11.4 Å². The zero-order valence-corrected chi connectivity index (χ0v) is 15.0. The van der Waals surface area contributed by atoms with Crippen LogP contribution < -0.4 is 9.46 Å². The second-order valence-corrected chi connectivity index (χ2v) is 5.74. The van der Waals surface area contributed by atoms with Crippen molar-refractivity contribution in [3.05, 3.63) is 76.2 Å². The lowest BCUT2D eigenvalue weighted by molar-refractivity contribution is -0.515. The topological polar surface area (TPSA) is 104 Å². The summed E-state index contributed by atoms with van der Waals surface area (Å²) in [5.74, 6) is 2.06. The van der Waals surface area contributed by atoms with Crippen LogP contribution in [-0.4, -0.2) is 10.8 Å². The maximum Gasteiger partial charge on any atom is 0.367 e. The molecular weight excluding hydrogens is 364 g/mol. The van der Waals surface area contributed by atoms with Crippen LogP contribution >= 0.6 is 25.3 Å². The van der Waals surface area contributed by atoms with Crippen LogP contribution in [0.25, 0.3) is 4.91 Å². The first kappa shape index (κ1) is 18.9. The van der Waals surface area contributed by atoms with Crippen molar-refractivity contribution in [1.29, 1.82) is 21.2 Å². The fourth-order valence-electron chi connectivity index (χ4n) is 2.03. The summed E-state index contributed by atoms with van der Waals surface area (Å²) in [6.07, 6.45) is 9.95. The van der Waals surface area contributed by atoms with Crippen LogP contribution in [0.15, 0.2) is 65.3 Å². The van der Waals surface area contributed by atoms with Gasteiger partial charge in [-0.2, -0.15) is 15.8 Å². The number of nitrogens with zero attached hydrogens (tertiary/aromatic N) is 5. The molecule has 26 heavy (non-hydrogen) atoms. The standard InChI is InChI=1S/C18H10N6S2/c19-9-15(10-20)23-5-1-13(2-6-23)17(25)18(26)14-3-7-24(8-4-14)16(11-21)12-22/h1-8,19H,(H-,25,26)/p+1. The zero-order chi connectivity index (χ0) is 19.1. The molecule has 0 atom stereocenters. The number of hydrogen-bond acceptors (Lipinski definition) is 7. The SMILES string of the molecule is N#CC(=C=N)N1C=CC(=C(S)C(S)=c2cc[n+](=C(C#N)C#N)cc2)C=C1. The van der Waals surface area contributed by atoms with E-state index in [9.17, 15) is 0 Å². The van der Waals surface area contributed by atoms with Gasteiger partial charge in [0.1, 0.15) is 6.07 Å². The van der Waals surface area contributed by atoms with E-state index in [1.807, 2.05) is 18.2 Å². The molecule has 6 nitrogen and oxygen atoms in total. The van der Waals surface area contributed by atoms with Gasteiger partial charge < -0.3 is 4.90 Å². The molecule has 1 aliphatic rings. The minimum absolute atomic E-state index is 0.0347. The Bertz CT molecular complexity index is 1090. The highest BCUT2D eigenvalue weighted by Crippen LogP contribution is 2.26. The molecule has 0 unspecified atom stereocenters. The number of nitrogens with one attached hydrogen (secondary N) is 1.